The highest BCUT2D eigenvalue weighted by Gasteiger charge is 2.15. The maximum absolute atomic E-state index is 5.41. The molecular formula is C18H32N2O. The monoisotopic (exact) mass is 292 g/mol. The van der Waals surface area contributed by atoms with Crippen molar-refractivity contribution >= 4 is 0 Å². The van der Waals surface area contributed by atoms with E-state index in [0.717, 1.165) is 39.3 Å². The molecule has 0 aliphatic carbocycles. The molecule has 3 nitrogen and oxygen atoms in total. The number of allylic oxidation sites excluding steroid dienone is 4. The maximum Gasteiger partial charge on any atom is 0.0594 e. The summed E-state index contributed by atoms with van der Waals surface area (Å²) in [6.07, 6.45) is 6.26. The number of morpholine rings is 1. The third-order valence-corrected chi connectivity index (χ3v) is 3.84. The fourth-order valence-corrected chi connectivity index (χ4v) is 2.80. The molecule has 1 fully saturated rings. The minimum atomic E-state index is 0.429. The fourth-order valence-electron chi connectivity index (χ4n) is 2.80. The minimum Gasteiger partial charge on any atom is -0.381 e. The largest absolute Gasteiger partial charge is 0.381 e. The summed E-state index contributed by atoms with van der Waals surface area (Å²) in [6, 6.07) is 0.429. The number of nitrogens with zero attached hydrogens (tertiary/aromatic N) is 1. The Labute approximate surface area is 130 Å². The van der Waals surface area contributed by atoms with Crippen molar-refractivity contribution in [1.29, 1.82) is 0 Å². The fraction of sp³-hybridized carbons (Fsp3) is 0.667. The van der Waals surface area contributed by atoms with Crippen molar-refractivity contribution in [3.8, 4) is 0 Å². The second kappa shape index (κ2) is 9.80. The van der Waals surface area contributed by atoms with E-state index in [-0.39, 0.29) is 0 Å². The molecule has 1 aliphatic rings. The summed E-state index contributed by atoms with van der Waals surface area (Å²) in [5.41, 5.74) is 3.99. The van der Waals surface area contributed by atoms with Crippen molar-refractivity contribution in [2.45, 2.75) is 46.6 Å². The molecule has 0 amide bonds. The predicted octanol–water partition coefficient (Wildman–Crippen LogP) is 3.50. The first kappa shape index (κ1) is 18.0. The Morgan fingerprint density at radius 2 is 2.00 bits per heavy atom. The molecule has 0 aromatic heterocycles. The smallest absolute Gasteiger partial charge is 0.0594 e. The molecule has 1 atom stereocenters. The molecule has 0 aromatic carbocycles. The molecule has 0 saturated carbocycles. The Kier molecular flexibility index (Phi) is 8.40. The molecular weight excluding hydrogens is 260 g/mol. The summed E-state index contributed by atoms with van der Waals surface area (Å²) in [7, 11) is 0. The maximum atomic E-state index is 5.41. The van der Waals surface area contributed by atoms with Gasteiger partial charge in [0.2, 0.25) is 0 Å². The van der Waals surface area contributed by atoms with E-state index in [1.54, 1.807) is 0 Å². The van der Waals surface area contributed by atoms with Crippen molar-refractivity contribution in [2.75, 3.05) is 32.8 Å². The van der Waals surface area contributed by atoms with Crippen molar-refractivity contribution in [3.05, 3.63) is 35.6 Å². The molecule has 3 heteroatoms. The van der Waals surface area contributed by atoms with Gasteiger partial charge in [-0.15, -0.1) is 0 Å². The van der Waals surface area contributed by atoms with Crippen LogP contribution in [0.4, 0.5) is 0 Å². The molecule has 0 radical (unpaired) electrons. The van der Waals surface area contributed by atoms with Crippen LogP contribution in [-0.4, -0.2) is 43.8 Å². The van der Waals surface area contributed by atoms with Crippen molar-refractivity contribution < 1.29 is 4.74 Å². The van der Waals surface area contributed by atoms with Gasteiger partial charge in [-0.3, -0.25) is 4.90 Å². The topological polar surface area (TPSA) is 24.5 Å². The second-order valence-corrected chi connectivity index (χ2v) is 5.95. The number of hydrogen-bond acceptors (Lipinski definition) is 3. The zero-order valence-electron chi connectivity index (χ0n) is 14.2. The molecule has 1 unspecified atom stereocenters. The zero-order chi connectivity index (χ0) is 15.7. The highest BCUT2D eigenvalue weighted by atomic mass is 16.5. The second-order valence-electron chi connectivity index (χ2n) is 5.95. The van der Waals surface area contributed by atoms with E-state index in [1.807, 2.05) is 6.08 Å². The molecule has 21 heavy (non-hydrogen) atoms. The van der Waals surface area contributed by atoms with E-state index < -0.39 is 0 Å². The van der Waals surface area contributed by atoms with Gasteiger partial charge in [0.25, 0.3) is 0 Å². The van der Waals surface area contributed by atoms with E-state index >= 15 is 0 Å². The van der Waals surface area contributed by atoms with Crippen molar-refractivity contribution in [2.24, 2.45) is 0 Å². The van der Waals surface area contributed by atoms with E-state index in [4.69, 9.17) is 4.74 Å². The average molecular weight is 292 g/mol. The number of rotatable bonds is 8. The summed E-state index contributed by atoms with van der Waals surface area (Å²) in [6.45, 7) is 17.6. The summed E-state index contributed by atoms with van der Waals surface area (Å²) < 4.78 is 5.41. The Morgan fingerprint density at radius 1 is 1.33 bits per heavy atom. The molecule has 0 bridgehead atoms. The van der Waals surface area contributed by atoms with Crippen LogP contribution in [0.25, 0.3) is 0 Å². The van der Waals surface area contributed by atoms with Gasteiger partial charge in [0.1, 0.15) is 0 Å². The van der Waals surface area contributed by atoms with Gasteiger partial charge in [0, 0.05) is 31.4 Å². The summed E-state index contributed by atoms with van der Waals surface area (Å²) in [5.74, 6) is 0. The Bertz CT molecular complexity index is 379. The number of hydrogen-bond donors (Lipinski definition) is 1. The van der Waals surface area contributed by atoms with Gasteiger partial charge in [-0.05, 0) is 38.3 Å². The number of ether oxygens (including phenoxy) is 1. The predicted molar refractivity (Wildman–Crippen MR) is 91.4 cm³/mol. The van der Waals surface area contributed by atoms with Gasteiger partial charge in [-0.2, -0.15) is 0 Å². The van der Waals surface area contributed by atoms with Crippen LogP contribution in [0.2, 0.25) is 0 Å². The molecule has 0 aromatic rings. The van der Waals surface area contributed by atoms with Crippen LogP contribution in [0.1, 0.15) is 40.5 Å². The summed E-state index contributed by atoms with van der Waals surface area (Å²) in [5, 5.41) is 3.71. The average Bonchev–Trinajstić information content (AvgIpc) is 2.46. The zero-order valence-corrected chi connectivity index (χ0v) is 14.2. The highest BCUT2D eigenvalue weighted by Crippen LogP contribution is 2.17. The Hall–Kier alpha value is -1.06. The van der Waals surface area contributed by atoms with E-state index in [9.17, 15) is 0 Å². The molecule has 1 heterocycles. The van der Waals surface area contributed by atoms with Gasteiger partial charge in [-0.1, -0.05) is 32.1 Å². The lowest BCUT2D eigenvalue weighted by Crippen LogP contribution is -2.44. The first-order chi connectivity index (χ1) is 10.1. The Morgan fingerprint density at radius 3 is 2.57 bits per heavy atom. The number of nitrogens with one attached hydrogen (secondary N) is 1. The van der Waals surface area contributed by atoms with Gasteiger partial charge >= 0.3 is 0 Å². The highest BCUT2D eigenvalue weighted by molar-refractivity contribution is 5.34. The molecule has 1 saturated heterocycles. The van der Waals surface area contributed by atoms with E-state index in [0.29, 0.717) is 6.04 Å². The van der Waals surface area contributed by atoms with Gasteiger partial charge in [0.05, 0.1) is 13.2 Å². The van der Waals surface area contributed by atoms with Gasteiger partial charge < -0.3 is 10.1 Å². The summed E-state index contributed by atoms with van der Waals surface area (Å²) >= 11 is 0. The molecule has 120 valence electrons. The first-order valence-electron chi connectivity index (χ1n) is 8.14. The van der Waals surface area contributed by atoms with Crippen LogP contribution < -0.4 is 5.32 Å². The SMILES string of the molecule is C=C/C=C(C)/C(NC(C)CN1CCOCC1)=C(\C)CCC. The van der Waals surface area contributed by atoms with E-state index in [1.165, 1.54) is 23.3 Å². The van der Waals surface area contributed by atoms with Crippen LogP contribution >= 0.6 is 0 Å². The third-order valence-electron chi connectivity index (χ3n) is 3.84. The van der Waals surface area contributed by atoms with Gasteiger partial charge in [0.15, 0.2) is 0 Å². The summed E-state index contributed by atoms with van der Waals surface area (Å²) in [4.78, 5) is 2.47. The normalized spacial score (nSPS) is 19.9. The molecule has 1 N–H and O–H groups in total. The third kappa shape index (κ3) is 6.49. The lowest BCUT2D eigenvalue weighted by molar-refractivity contribution is 0.0348. The van der Waals surface area contributed by atoms with Crippen LogP contribution in [0.5, 0.6) is 0 Å². The van der Waals surface area contributed by atoms with Crippen molar-refractivity contribution in [3.63, 3.8) is 0 Å². The minimum absolute atomic E-state index is 0.429. The standard InChI is InChI=1S/C18H32N2O/c1-6-8-15(3)18(16(4)9-7-2)19-17(5)14-20-10-12-21-13-11-20/h6,8,17,19H,1,7,9-14H2,2-5H3/b15-8+,18-16-. The van der Waals surface area contributed by atoms with Gasteiger partial charge in [-0.25, -0.2) is 0 Å². The van der Waals surface area contributed by atoms with E-state index in [2.05, 4.69) is 50.6 Å². The molecule has 0 spiro atoms. The molecule has 1 aliphatic heterocycles. The van der Waals surface area contributed by atoms with Crippen LogP contribution in [-0.2, 0) is 4.74 Å². The lowest BCUT2D eigenvalue weighted by atomic mass is 10.0. The van der Waals surface area contributed by atoms with Crippen molar-refractivity contribution in [1.82, 2.24) is 10.2 Å². The molecule has 1 rings (SSSR count). The van der Waals surface area contributed by atoms with Crippen LogP contribution in [0, 0.1) is 0 Å². The first-order valence-corrected chi connectivity index (χ1v) is 8.14. The quantitative estimate of drug-likeness (QED) is 0.693. The lowest BCUT2D eigenvalue weighted by Gasteiger charge is -2.30. The van der Waals surface area contributed by atoms with Crippen LogP contribution in [0.15, 0.2) is 35.6 Å². The Balaban J connectivity index is 2.68. The van der Waals surface area contributed by atoms with Crippen LogP contribution in [0.3, 0.4) is 0 Å².